The van der Waals surface area contributed by atoms with Crippen LogP contribution in [-0.2, 0) is 6.42 Å². The summed E-state index contributed by atoms with van der Waals surface area (Å²) in [6.45, 7) is 4.84. The van der Waals surface area contributed by atoms with Gasteiger partial charge in [-0.1, -0.05) is 53.6 Å². The van der Waals surface area contributed by atoms with Crippen molar-refractivity contribution in [2.45, 2.75) is 6.42 Å². The number of benzene rings is 2. The van der Waals surface area contributed by atoms with Crippen molar-refractivity contribution in [1.82, 2.24) is 30.1 Å². The van der Waals surface area contributed by atoms with Gasteiger partial charge < -0.3 is 10.6 Å². The fourth-order valence-corrected chi connectivity index (χ4v) is 4.03. The molecule has 0 radical (unpaired) electrons. The van der Waals surface area contributed by atoms with Crippen molar-refractivity contribution in [3.05, 3.63) is 78.4 Å². The predicted molar refractivity (Wildman–Crippen MR) is 126 cm³/mol. The standard InChI is InChI=1S/C24H26N8/c25-23-8-4-7-22(26-23)20-11-9-19(10-12-20)13-14-30-15-17-31(18-16-30)24-27-28-29-32(24)21-5-2-1-3-6-21/h1-12H,13-18H2,(H2,25,26). The van der Waals surface area contributed by atoms with Crippen LogP contribution in [0.5, 0.6) is 0 Å². The van der Waals surface area contributed by atoms with E-state index in [1.807, 2.05) is 47.1 Å². The number of nitrogen functional groups attached to an aromatic ring is 1. The summed E-state index contributed by atoms with van der Waals surface area (Å²) in [5.41, 5.74) is 10.1. The molecular weight excluding hydrogens is 400 g/mol. The van der Waals surface area contributed by atoms with Crippen molar-refractivity contribution >= 4 is 11.8 Å². The third-order valence-electron chi connectivity index (χ3n) is 5.85. The summed E-state index contributed by atoms with van der Waals surface area (Å²) in [5, 5.41) is 12.3. The maximum Gasteiger partial charge on any atom is 0.250 e. The van der Waals surface area contributed by atoms with Gasteiger partial charge in [0.2, 0.25) is 5.95 Å². The largest absolute Gasteiger partial charge is 0.384 e. The zero-order valence-electron chi connectivity index (χ0n) is 17.9. The van der Waals surface area contributed by atoms with Crippen LogP contribution < -0.4 is 10.6 Å². The number of tetrazole rings is 1. The third kappa shape index (κ3) is 4.45. The molecule has 2 aromatic heterocycles. The maximum atomic E-state index is 5.80. The Balaban J connectivity index is 1.15. The fourth-order valence-electron chi connectivity index (χ4n) is 4.03. The first-order chi connectivity index (χ1) is 15.8. The van der Waals surface area contributed by atoms with Gasteiger partial charge in [0.1, 0.15) is 5.82 Å². The van der Waals surface area contributed by atoms with Crippen LogP contribution in [0, 0.1) is 0 Å². The molecule has 8 heteroatoms. The van der Waals surface area contributed by atoms with Crippen LogP contribution >= 0.6 is 0 Å². The lowest BCUT2D eigenvalue weighted by molar-refractivity contribution is 0.259. The van der Waals surface area contributed by atoms with Crippen molar-refractivity contribution in [2.75, 3.05) is 43.4 Å². The van der Waals surface area contributed by atoms with Gasteiger partial charge in [-0.15, -0.1) is 0 Å². The Morgan fingerprint density at radius 1 is 0.812 bits per heavy atom. The van der Waals surface area contributed by atoms with Crippen LogP contribution in [0.15, 0.2) is 72.8 Å². The van der Waals surface area contributed by atoms with Gasteiger partial charge in [0.25, 0.3) is 0 Å². The number of piperazine rings is 1. The normalized spacial score (nSPS) is 14.6. The van der Waals surface area contributed by atoms with E-state index in [1.54, 1.807) is 6.07 Å². The minimum Gasteiger partial charge on any atom is -0.384 e. The van der Waals surface area contributed by atoms with Gasteiger partial charge in [0.05, 0.1) is 11.4 Å². The Hall–Kier alpha value is -3.78. The second-order valence-electron chi connectivity index (χ2n) is 7.95. The highest BCUT2D eigenvalue weighted by molar-refractivity contribution is 5.61. The number of anilines is 2. The molecule has 3 heterocycles. The van der Waals surface area contributed by atoms with Gasteiger partial charge in [-0.2, -0.15) is 4.68 Å². The minimum absolute atomic E-state index is 0.545. The van der Waals surface area contributed by atoms with Crippen LogP contribution in [0.2, 0.25) is 0 Å². The van der Waals surface area contributed by atoms with Crippen LogP contribution in [0.3, 0.4) is 0 Å². The predicted octanol–water partition coefficient (Wildman–Crippen LogP) is 2.67. The lowest BCUT2D eigenvalue weighted by Gasteiger charge is -2.34. The first-order valence-electron chi connectivity index (χ1n) is 10.9. The number of nitrogens with zero attached hydrogens (tertiary/aromatic N) is 7. The number of hydrogen-bond donors (Lipinski definition) is 1. The monoisotopic (exact) mass is 426 g/mol. The second kappa shape index (κ2) is 9.15. The summed E-state index contributed by atoms with van der Waals surface area (Å²) >= 11 is 0. The quantitative estimate of drug-likeness (QED) is 0.507. The summed E-state index contributed by atoms with van der Waals surface area (Å²) in [7, 11) is 0. The van der Waals surface area contributed by atoms with Crippen LogP contribution in [-0.4, -0.2) is 62.8 Å². The molecule has 0 amide bonds. The van der Waals surface area contributed by atoms with Crippen LogP contribution in [0.25, 0.3) is 16.9 Å². The molecule has 1 saturated heterocycles. The van der Waals surface area contributed by atoms with E-state index in [4.69, 9.17) is 5.73 Å². The van der Waals surface area contributed by atoms with E-state index >= 15 is 0 Å². The summed E-state index contributed by atoms with van der Waals surface area (Å²) in [6.07, 6.45) is 1.02. The average Bonchev–Trinajstić information content (AvgIpc) is 3.34. The van der Waals surface area contributed by atoms with Crippen molar-refractivity contribution < 1.29 is 0 Å². The average molecular weight is 427 g/mol. The SMILES string of the molecule is Nc1cccc(-c2ccc(CCN3CCN(c4nnnn4-c4ccccc4)CC3)cc2)n1. The Bertz CT molecular complexity index is 1150. The van der Waals surface area contributed by atoms with Gasteiger partial charge in [-0.05, 0) is 46.7 Å². The maximum absolute atomic E-state index is 5.80. The molecule has 1 aliphatic heterocycles. The fraction of sp³-hybridized carbons (Fsp3) is 0.250. The first-order valence-corrected chi connectivity index (χ1v) is 10.9. The molecule has 8 nitrogen and oxygen atoms in total. The van der Waals surface area contributed by atoms with Crippen molar-refractivity contribution in [1.29, 1.82) is 0 Å². The Morgan fingerprint density at radius 3 is 2.34 bits per heavy atom. The summed E-state index contributed by atoms with van der Waals surface area (Å²) in [4.78, 5) is 9.16. The molecule has 5 rings (SSSR count). The number of rotatable bonds is 6. The molecule has 0 bridgehead atoms. The van der Waals surface area contributed by atoms with Gasteiger partial charge in [0, 0.05) is 38.3 Å². The van der Waals surface area contributed by atoms with Gasteiger partial charge >= 0.3 is 0 Å². The molecule has 2 aromatic carbocycles. The molecule has 2 N–H and O–H groups in total. The molecule has 162 valence electrons. The molecule has 0 atom stereocenters. The highest BCUT2D eigenvalue weighted by Gasteiger charge is 2.22. The molecule has 0 unspecified atom stereocenters. The van der Waals surface area contributed by atoms with E-state index in [1.165, 1.54) is 5.56 Å². The molecule has 4 aromatic rings. The number of aromatic nitrogens is 5. The summed E-state index contributed by atoms with van der Waals surface area (Å²) in [6, 6.07) is 24.4. The highest BCUT2D eigenvalue weighted by atomic mass is 15.6. The first kappa shape index (κ1) is 20.1. The molecule has 1 aliphatic rings. The lowest BCUT2D eigenvalue weighted by Crippen LogP contribution is -2.47. The molecule has 32 heavy (non-hydrogen) atoms. The van der Waals surface area contributed by atoms with Crippen molar-refractivity contribution in [3.63, 3.8) is 0 Å². The topological polar surface area (TPSA) is 89.0 Å². The zero-order chi connectivity index (χ0) is 21.8. The zero-order valence-corrected chi connectivity index (χ0v) is 17.9. The number of para-hydroxylation sites is 1. The minimum atomic E-state index is 0.545. The Labute approximate surface area is 187 Å². The van der Waals surface area contributed by atoms with Gasteiger partial charge in [-0.3, -0.25) is 4.90 Å². The number of hydrogen-bond acceptors (Lipinski definition) is 7. The molecule has 1 fully saturated rings. The molecular formula is C24H26N8. The van der Waals surface area contributed by atoms with Crippen molar-refractivity contribution in [2.24, 2.45) is 0 Å². The van der Waals surface area contributed by atoms with E-state index in [0.717, 1.165) is 62.0 Å². The molecule has 0 saturated carbocycles. The number of pyridine rings is 1. The van der Waals surface area contributed by atoms with Gasteiger partial charge in [0.15, 0.2) is 0 Å². The summed E-state index contributed by atoms with van der Waals surface area (Å²) in [5.74, 6) is 1.35. The molecule has 0 aliphatic carbocycles. The molecule has 0 spiro atoms. The third-order valence-corrected chi connectivity index (χ3v) is 5.85. The van der Waals surface area contributed by atoms with E-state index < -0.39 is 0 Å². The second-order valence-corrected chi connectivity index (χ2v) is 7.95. The Morgan fingerprint density at radius 2 is 1.59 bits per heavy atom. The smallest absolute Gasteiger partial charge is 0.250 e. The van der Waals surface area contributed by atoms with E-state index in [0.29, 0.717) is 5.82 Å². The number of nitrogens with two attached hydrogens (primary N) is 1. The lowest BCUT2D eigenvalue weighted by atomic mass is 10.1. The Kier molecular flexibility index (Phi) is 5.76. The van der Waals surface area contributed by atoms with Crippen LogP contribution in [0.4, 0.5) is 11.8 Å². The van der Waals surface area contributed by atoms with E-state index in [-0.39, 0.29) is 0 Å². The van der Waals surface area contributed by atoms with Gasteiger partial charge in [-0.25, -0.2) is 4.98 Å². The van der Waals surface area contributed by atoms with Crippen molar-refractivity contribution in [3.8, 4) is 16.9 Å². The highest BCUT2D eigenvalue weighted by Crippen LogP contribution is 2.20. The van der Waals surface area contributed by atoms with E-state index in [2.05, 4.69) is 54.6 Å². The summed E-state index contributed by atoms with van der Waals surface area (Å²) < 4.78 is 1.81. The van der Waals surface area contributed by atoms with E-state index in [9.17, 15) is 0 Å². The van der Waals surface area contributed by atoms with Crippen LogP contribution in [0.1, 0.15) is 5.56 Å².